The van der Waals surface area contributed by atoms with Crippen molar-refractivity contribution in [2.45, 2.75) is 25.4 Å². The zero-order chi connectivity index (χ0) is 9.97. The van der Waals surface area contributed by atoms with Crippen molar-refractivity contribution >= 4 is 0 Å². The molecule has 0 spiro atoms. The van der Waals surface area contributed by atoms with E-state index >= 15 is 0 Å². The number of rotatable bonds is 1. The topological polar surface area (TPSA) is 62.1 Å². The Kier molecular flexibility index (Phi) is 3.05. The zero-order valence-corrected chi connectivity index (χ0v) is 8.66. The molecule has 4 unspecified atom stereocenters. The first-order valence-electron chi connectivity index (χ1n) is 5.43. The van der Waals surface area contributed by atoms with Gasteiger partial charge in [-0.1, -0.05) is 13.0 Å². The predicted octanol–water partition coefficient (Wildman–Crippen LogP) is -0.451. The summed E-state index contributed by atoms with van der Waals surface area (Å²) >= 11 is 0. The van der Waals surface area contributed by atoms with E-state index in [1.54, 1.807) is 0 Å². The Hall–Kier alpha value is -0.580. The molecule has 0 bridgehead atoms. The van der Waals surface area contributed by atoms with Gasteiger partial charge in [0.1, 0.15) is 0 Å². The van der Waals surface area contributed by atoms with E-state index in [0.717, 1.165) is 13.1 Å². The van der Waals surface area contributed by atoms with E-state index in [4.69, 9.17) is 5.73 Å². The smallest absolute Gasteiger partial charge is 0.0364 e. The Morgan fingerprint density at radius 2 is 2.29 bits per heavy atom. The second-order valence-electron chi connectivity index (χ2n) is 4.35. The largest absolute Gasteiger partial charge is 0.329 e. The molecule has 0 aromatic carbocycles. The Labute approximate surface area is 85.3 Å². The van der Waals surface area contributed by atoms with Gasteiger partial charge in [-0.2, -0.15) is 0 Å². The van der Waals surface area contributed by atoms with Crippen LogP contribution < -0.4 is 21.9 Å². The van der Waals surface area contributed by atoms with Crippen molar-refractivity contribution < 1.29 is 0 Å². The SMILES string of the molecule is CC1C=CNNC1C1CCNCC1N. The first-order chi connectivity index (χ1) is 6.79. The second kappa shape index (κ2) is 4.29. The number of hydrogen-bond donors (Lipinski definition) is 4. The van der Waals surface area contributed by atoms with Crippen molar-refractivity contribution in [3.8, 4) is 0 Å². The summed E-state index contributed by atoms with van der Waals surface area (Å²) in [4.78, 5) is 0. The highest BCUT2D eigenvalue weighted by Crippen LogP contribution is 2.23. The fraction of sp³-hybridized carbons (Fsp3) is 0.800. The fourth-order valence-electron chi connectivity index (χ4n) is 2.44. The van der Waals surface area contributed by atoms with Crippen LogP contribution in [0.3, 0.4) is 0 Å². The maximum atomic E-state index is 6.12. The molecular formula is C10H20N4. The molecule has 4 atom stereocenters. The minimum Gasteiger partial charge on any atom is -0.329 e. The van der Waals surface area contributed by atoms with E-state index in [2.05, 4.69) is 29.2 Å². The molecule has 4 heteroatoms. The van der Waals surface area contributed by atoms with Crippen LogP contribution in [0, 0.1) is 11.8 Å². The molecule has 1 saturated heterocycles. The van der Waals surface area contributed by atoms with Crippen molar-refractivity contribution in [1.29, 1.82) is 0 Å². The average molecular weight is 196 g/mol. The molecule has 0 amide bonds. The standard InChI is InChI=1S/C10H20N4/c1-7-2-5-13-14-10(7)8-3-4-12-6-9(8)11/h2,5,7-10,12-14H,3-4,6,11H2,1H3. The van der Waals surface area contributed by atoms with Crippen LogP contribution in [-0.4, -0.2) is 25.2 Å². The number of nitrogens with two attached hydrogens (primary N) is 1. The molecule has 2 aliphatic rings. The van der Waals surface area contributed by atoms with Crippen molar-refractivity contribution in [1.82, 2.24) is 16.2 Å². The first-order valence-corrected chi connectivity index (χ1v) is 5.43. The lowest BCUT2D eigenvalue weighted by Gasteiger charge is -2.39. The molecule has 0 aromatic heterocycles. The van der Waals surface area contributed by atoms with Gasteiger partial charge >= 0.3 is 0 Å². The van der Waals surface area contributed by atoms with Crippen LogP contribution in [0.5, 0.6) is 0 Å². The monoisotopic (exact) mass is 196 g/mol. The Morgan fingerprint density at radius 1 is 1.43 bits per heavy atom. The summed E-state index contributed by atoms with van der Waals surface area (Å²) in [5.74, 6) is 1.13. The van der Waals surface area contributed by atoms with Crippen LogP contribution in [0.15, 0.2) is 12.3 Å². The van der Waals surface area contributed by atoms with E-state index in [1.807, 2.05) is 6.20 Å². The van der Waals surface area contributed by atoms with Crippen molar-refractivity contribution in [2.75, 3.05) is 13.1 Å². The van der Waals surface area contributed by atoms with Gasteiger partial charge in [0.25, 0.3) is 0 Å². The summed E-state index contributed by atoms with van der Waals surface area (Å²) in [7, 11) is 0. The molecule has 5 N–H and O–H groups in total. The lowest BCUT2D eigenvalue weighted by molar-refractivity contribution is 0.199. The van der Waals surface area contributed by atoms with Crippen LogP contribution in [-0.2, 0) is 0 Å². The van der Waals surface area contributed by atoms with E-state index < -0.39 is 0 Å². The van der Waals surface area contributed by atoms with Gasteiger partial charge in [0, 0.05) is 24.8 Å². The van der Waals surface area contributed by atoms with E-state index in [1.165, 1.54) is 6.42 Å². The lowest BCUT2D eigenvalue weighted by atomic mass is 9.80. The summed E-state index contributed by atoms with van der Waals surface area (Å²) in [6.07, 6.45) is 5.34. The highest BCUT2D eigenvalue weighted by atomic mass is 15.4. The minimum atomic E-state index is 0.275. The molecular weight excluding hydrogens is 176 g/mol. The Balaban J connectivity index is 2.01. The third-order valence-corrected chi connectivity index (χ3v) is 3.35. The highest BCUT2D eigenvalue weighted by Gasteiger charge is 2.32. The zero-order valence-electron chi connectivity index (χ0n) is 8.66. The number of piperidine rings is 1. The molecule has 80 valence electrons. The van der Waals surface area contributed by atoms with E-state index in [0.29, 0.717) is 17.9 Å². The molecule has 14 heavy (non-hydrogen) atoms. The molecule has 1 fully saturated rings. The molecule has 2 rings (SSSR count). The second-order valence-corrected chi connectivity index (χ2v) is 4.35. The van der Waals surface area contributed by atoms with Gasteiger partial charge in [-0.15, -0.1) is 0 Å². The highest BCUT2D eigenvalue weighted by molar-refractivity contribution is 5.00. The fourth-order valence-corrected chi connectivity index (χ4v) is 2.44. The van der Waals surface area contributed by atoms with Gasteiger partial charge in [0.05, 0.1) is 0 Å². The van der Waals surface area contributed by atoms with E-state index in [9.17, 15) is 0 Å². The molecule has 0 radical (unpaired) electrons. The maximum Gasteiger partial charge on any atom is 0.0364 e. The number of nitrogens with one attached hydrogen (secondary N) is 3. The molecule has 2 heterocycles. The first kappa shape index (κ1) is 9.96. The summed E-state index contributed by atoms with van der Waals surface area (Å²) in [5, 5.41) is 3.33. The van der Waals surface area contributed by atoms with Gasteiger partial charge < -0.3 is 16.5 Å². The van der Waals surface area contributed by atoms with Crippen molar-refractivity contribution in [3.05, 3.63) is 12.3 Å². The summed E-state index contributed by atoms with van der Waals surface area (Å²) in [6, 6.07) is 0.745. The summed E-state index contributed by atoms with van der Waals surface area (Å²) < 4.78 is 0. The van der Waals surface area contributed by atoms with Crippen LogP contribution in [0.1, 0.15) is 13.3 Å². The van der Waals surface area contributed by atoms with Crippen LogP contribution in [0.2, 0.25) is 0 Å². The Morgan fingerprint density at radius 3 is 3.00 bits per heavy atom. The predicted molar refractivity (Wildman–Crippen MR) is 57.3 cm³/mol. The van der Waals surface area contributed by atoms with E-state index in [-0.39, 0.29) is 6.04 Å². The average Bonchev–Trinajstić information content (AvgIpc) is 2.20. The minimum absolute atomic E-state index is 0.275. The Bertz CT molecular complexity index is 216. The number of hydrogen-bond acceptors (Lipinski definition) is 4. The van der Waals surface area contributed by atoms with Crippen molar-refractivity contribution in [3.63, 3.8) is 0 Å². The van der Waals surface area contributed by atoms with Gasteiger partial charge in [-0.25, -0.2) is 5.43 Å². The number of hydrazine groups is 1. The van der Waals surface area contributed by atoms with Crippen LogP contribution in [0.25, 0.3) is 0 Å². The van der Waals surface area contributed by atoms with Gasteiger partial charge in [0.15, 0.2) is 0 Å². The molecule has 4 nitrogen and oxygen atoms in total. The molecule has 0 aliphatic carbocycles. The van der Waals surface area contributed by atoms with Crippen molar-refractivity contribution in [2.24, 2.45) is 17.6 Å². The quantitative estimate of drug-likeness (QED) is 0.459. The normalized spacial score (nSPS) is 43.3. The molecule has 2 aliphatic heterocycles. The van der Waals surface area contributed by atoms with Crippen LogP contribution in [0.4, 0.5) is 0 Å². The van der Waals surface area contributed by atoms with Gasteiger partial charge in [0.2, 0.25) is 0 Å². The van der Waals surface area contributed by atoms with Gasteiger partial charge in [-0.05, 0) is 24.8 Å². The third-order valence-electron chi connectivity index (χ3n) is 3.35. The summed E-state index contributed by atoms with van der Waals surface area (Å²) in [5.41, 5.74) is 12.5. The lowest BCUT2D eigenvalue weighted by Crippen LogP contribution is -2.58. The van der Waals surface area contributed by atoms with Crippen LogP contribution >= 0.6 is 0 Å². The molecule has 0 aromatic rings. The molecule has 0 saturated carbocycles. The van der Waals surface area contributed by atoms with Gasteiger partial charge in [-0.3, -0.25) is 0 Å². The maximum absolute atomic E-state index is 6.12. The summed E-state index contributed by atoms with van der Waals surface area (Å²) in [6.45, 7) is 4.27. The third kappa shape index (κ3) is 1.92.